The Hall–Kier alpha value is -1.79. The van der Waals surface area contributed by atoms with Gasteiger partial charge in [-0.25, -0.2) is 0 Å². The highest BCUT2D eigenvalue weighted by molar-refractivity contribution is 5.75. The van der Waals surface area contributed by atoms with Crippen LogP contribution in [0.25, 0.3) is 0 Å². The molecule has 0 saturated heterocycles. The minimum Gasteiger partial charge on any atom is -0.493 e. The fourth-order valence-electron chi connectivity index (χ4n) is 3.04. The van der Waals surface area contributed by atoms with Gasteiger partial charge in [0.1, 0.15) is 11.6 Å². The van der Waals surface area contributed by atoms with Crippen molar-refractivity contribution in [1.29, 1.82) is 0 Å². The Labute approximate surface area is 176 Å². The maximum absolute atomic E-state index is 12.3. The molecule has 1 rings (SSSR count). The van der Waals surface area contributed by atoms with E-state index < -0.39 is 11.6 Å². The van der Waals surface area contributed by atoms with Crippen LogP contribution >= 0.6 is 0 Å². The molecule has 1 aromatic carbocycles. The highest BCUT2D eigenvalue weighted by Crippen LogP contribution is 2.31. The molecule has 0 radical (unpaired) electrons. The van der Waals surface area contributed by atoms with E-state index in [9.17, 15) is 4.79 Å². The first-order valence-electron chi connectivity index (χ1n) is 10.3. The molecule has 1 aromatic rings. The molecule has 0 spiro atoms. The number of carbonyl (C=O) groups excluding carboxylic acids is 1. The summed E-state index contributed by atoms with van der Waals surface area (Å²) < 4.78 is 21.8. The third kappa shape index (κ3) is 9.50. The second kappa shape index (κ2) is 12.0. The van der Waals surface area contributed by atoms with E-state index in [1.165, 1.54) is 0 Å². The van der Waals surface area contributed by atoms with Gasteiger partial charge in [-0.3, -0.25) is 4.79 Å². The van der Waals surface area contributed by atoms with Gasteiger partial charge in [0.25, 0.3) is 0 Å². The monoisotopic (exact) mass is 409 g/mol. The van der Waals surface area contributed by atoms with Gasteiger partial charge in [0.2, 0.25) is 0 Å². The van der Waals surface area contributed by atoms with Gasteiger partial charge in [0, 0.05) is 20.1 Å². The Morgan fingerprint density at radius 2 is 1.79 bits per heavy atom. The molecule has 2 unspecified atom stereocenters. The number of esters is 1. The second-order valence-electron chi connectivity index (χ2n) is 8.76. The highest BCUT2D eigenvalue weighted by Gasteiger charge is 2.26. The molecule has 2 N–H and O–H groups in total. The third-order valence-electron chi connectivity index (χ3n) is 4.69. The van der Waals surface area contributed by atoms with Crippen molar-refractivity contribution in [2.75, 3.05) is 27.4 Å². The van der Waals surface area contributed by atoms with Crippen LogP contribution in [-0.4, -0.2) is 45.0 Å². The summed E-state index contributed by atoms with van der Waals surface area (Å²) >= 11 is 0. The van der Waals surface area contributed by atoms with Gasteiger partial charge in [-0.15, -0.1) is 0 Å². The van der Waals surface area contributed by atoms with E-state index in [2.05, 4.69) is 13.8 Å². The van der Waals surface area contributed by atoms with E-state index in [0.29, 0.717) is 31.3 Å². The van der Waals surface area contributed by atoms with Crippen LogP contribution in [0, 0.1) is 11.8 Å². The Bertz CT molecular complexity index is 624. The first-order chi connectivity index (χ1) is 13.6. The zero-order valence-electron chi connectivity index (χ0n) is 19.1. The lowest BCUT2D eigenvalue weighted by atomic mass is 9.84. The van der Waals surface area contributed by atoms with Crippen LogP contribution in [0.15, 0.2) is 18.2 Å². The van der Waals surface area contributed by atoms with Gasteiger partial charge in [0.05, 0.1) is 13.7 Å². The van der Waals surface area contributed by atoms with Crippen molar-refractivity contribution in [2.24, 2.45) is 17.6 Å². The lowest BCUT2D eigenvalue weighted by Gasteiger charge is -2.26. The lowest BCUT2D eigenvalue weighted by Crippen LogP contribution is -2.39. The van der Waals surface area contributed by atoms with E-state index in [0.717, 1.165) is 24.2 Å². The maximum atomic E-state index is 12.3. The molecule has 0 aromatic heterocycles. The summed E-state index contributed by atoms with van der Waals surface area (Å²) in [4.78, 5) is 12.3. The average Bonchev–Trinajstić information content (AvgIpc) is 2.63. The van der Waals surface area contributed by atoms with Crippen molar-refractivity contribution in [3.8, 4) is 11.5 Å². The van der Waals surface area contributed by atoms with Crippen LogP contribution in [0.3, 0.4) is 0 Å². The summed E-state index contributed by atoms with van der Waals surface area (Å²) in [5.41, 5.74) is 6.75. The molecule has 2 atom stereocenters. The number of rotatable bonds is 12. The summed E-state index contributed by atoms with van der Waals surface area (Å²) in [5, 5.41) is 0. The van der Waals surface area contributed by atoms with Gasteiger partial charge in [0.15, 0.2) is 11.5 Å². The molecule has 0 fully saturated rings. The quantitative estimate of drug-likeness (QED) is 0.415. The average molecular weight is 410 g/mol. The third-order valence-corrected chi connectivity index (χ3v) is 4.69. The Balaban J connectivity index is 2.83. The van der Waals surface area contributed by atoms with Crippen LogP contribution in [0.2, 0.25) is 0 Å². The SMILES string of the molecule is COCCCOc1cc(CC(CC(N)C(=O)OC(C)(C)C)C(C)C)ccc1OC. The predicted octanol–water partition coefficient (Wildman–Crippen LogP) is 3.98. The zero-order valence-corrected chi connectivity index (χ0v) is 19.1. The highest BCUT2D eigenvalue weighted by atomic mass is 16.6. The minimum atomic E-state index is -0.635. The summed E-state index contributed by atoms with van der Waals surface area (Å²) in [7, 11) is 3.31. The fourth-order valence-corrected chi connectivity index (χ4v) is 3.04. The van der Waals surface area contributed by atoms with Crippen molar-refractivity contribution >= 4 is 5.97 Å². The van der Waals surface area contributed by atoms with Crippen molar-refractivity contribution in [1.82, 2.24) is 0 Å². The molecule has 166 valence electrons. The minimum absolute atomic E-state index is 0.243. The van der Waals surface area contributed by atoms with Crippen molar-refractivity contribution in [2.45, 2.75) is 65.5 Å². The van der Waals surface area contributed by atoms with Crippen LogP contribution in [-0.2, 0) is 20.7 Å². The number of methoxy groups -OCH3 is 2. The van der Waals surface area contributed by atoms with E-state index in [1.807, 2.05) is 39.0 Å². The number of nitrogens with two attached hydrogens (primary N) is 1. The molecule has 0 heterocycles. The van der Waals surface area contributed by atoms with E-state index in [1.54, 1.807) is 14.2 Å². The van der Waals surface area contributed by atoms with Crippen LogP contribution < -0.4 is 15.2 Å². The molecule has 6 heteroatoms. The Morgan fingerprint density at radius 3 is 2.34 bits per heavy atom. The van der Waals surface area contributed by atoms with Gasteiger partial charge >= 0.3 is 5.97 Å². The molecule has 29 heavy (non-hydrogen) atoms. The van der Waals surface area contributed by atoms with Crippen LogP contribution in [0.1, 0.15) is 53.0 Å². The summed E-state index contributed by atoms with van der Waals surface area (Å²) in [6.07, 6.45) is 2.18. The molecule has 0 saturated carbocycles. The predicted molar refractivity (Wildman–Crippen MR) is 115 cm³/mol. The summed E-state index contributed by atoms with van der Waals surface area (Å²) in [6, 6.07) is 5.34. The normalized spacial score (nSPS) is 13.8. The topological polar surface area (TPSA) is 80.0 Å². The largest absolute Gasteiger partial charge is 0.493 e. The van der Waals surface area contributed by atoms with Gasteiger partial charge in [-0.05, 0) is 63.1 Å². The van der Waals surface area contributed by atoms with Gasteiger partial charge in [-0.2, -0.15) is 0 Å². The molecule has 0 aliphatic heterocycles. The molecule has 0 amide bonds. The zero-order chi connectivity index (χ0) is 22.0. The number of benzene rings is 1. The van der Waals surface area contributed by atoms with E-state index in [-0.39, 0.29) is 11.9 Å². The first-order valence-corrected chi connectivity index (χ1v) is 10.3. The number of ether oxygens (including phenoxy) is 4. The second-order valence-corrected chi connectivity index (χ2v) is 8.76. The maximum Gasteiger partial charge on any atom is 0.323 e. The number of hydrogen-bond donors (Lipinski definition) is 1. The van der Waals surface area contributed by atoms with Crippen LogP contribution in [0.4, 0.5) is 0 Å². The fraction of sp³-hybridized carbons (Fsp3) is 0.696. The van der Waals surface area contributed by atoms with Crippen molar-refractivity contribution in [3.63, 3.8) is 0 Å². The molecule has 6 nitrogen and oxygen atoms in total. The van der Waals surface area contributed by atoms with Crippen molar-refractivity contribution in [3.05, 3.63) is 23.8 Å². The number of carbonyl (C=O) groups is 1. The first kappa shape index (κ1) is 25.2. The molecular weight excluding hydrogens is 370 g/mol. The molecule has 0 aliphatic carbocycles. The van der Waals surface area contributed by atoms with Crippen LogP contribution in [0.5, 0.6) is 11.5 Å². The smallest absolute Gasteiger partial charge is 0.323 e. The number of hydrogen-bond acceptors (Lipinski definition) is 6. The summed E-state index contributed by atoms with van der Waals surface area (Å²) in [6.45, 7) is 11.1. The molecule has 0 bridgehead atoms. The van der Waals surface area contributed by atoms with E-state index in [4.69, 9.17) is 24.7 Å². The molecular formula is C23H39NO5. The van der Waals surface area contributed by atoms with Gasteiger partial charge < -0.3 is 24.7 Å². The Kier molecular flexibility index (Phi) is 10.5. The molecule has 0 aliphatic rings. The van der Waals surface area contributed by atoms with E-state index >= 15 is 0 Å². The standard InChI is InChI=1S/C23H39NO5/c1-16(2)18(15-19(24)22(25)29-23(3,4)5)13-17-9-10-20(27-7)21(14-17)28-12-8-11-26-6/h9-10,14,16,18-19H,8,11-13,15,24H2,1-7H3. The van der Waals surface area contributed by atoms with Gasteiger partial charge in [-0.1, -0.05) is 19.9 Å². The lowest BCUT2D eigenvalue weighted by molar-refractivity contribution is -0.157. The summed E-state index contributed by atoms with van der Waals surface area (Å²) in [5.74, 6) is 1.70. The van der Waals surface area contributed by atoms with Crippen molar-refractivity contribution < 1.29 is 23.7 Å². The Morgan fingerprint density at radius 1 is 1.10 bits per heavy atom.